The summed E-state index contributed by atoms with van der Waals surface area (Å²) in [4.78, 5) is 46.8. The second-order valence-corrected chi connectivity index (χ2v) is 25.5. The van der Waals surface area contributed by atoms with Gasteiger partial charge in [-0.25, -0.2) is 5.01 Å². The standard InChI is InChI=1S/C55H68Cl4N4O12S/c1-9-31-28-53(5,6)61-16-10-12-33-47(61)35(31)26-37-49(33)74-50-34-13-11-17-62-48(34)36(32(29-54(62,7)8)30-76(67,68)69)27-38(50)55(37)42-41(43(56)45(58)46(59)44(42)57)51(66)63(55)60-39(64)14-18-70-20-22-72-24-25-73-23-21-71-19-15-40(65)75-52(2,3)4/h26-27,29,31H,9-25,28,30H2,1-8H3,(H,60,64)(H,67,68,69). The lowest BCUT2D eigenvalue weighted by molar-refractivity contribution is -0.156. The van der Waals surface area contributed by atoms with Crippen LogP contribution in [0.1, 0.15) is 149 Å². The molecule has 9 rings (SSSR count). The van der Waals surface area contributed by atoms with Gasteiger partial charge in [0.25, 0.3) is 16.0 Å². The molecule has 0 saturated heterocycles. The van der Waals surface area contributed by atoms with E-state index in [0.717, 1.165) is 53.9 Å². The zero-order chi connectivity index (χ0) is 54.9. The first-order valence-electron chi connectivity index (χ1n) is 26.2. The first kappa shape index (κ1) is 56.8. The van der Waals surface area contributed by atoms with Crippen LogP contribution in [-0.2, 0) is 61.8 Å². The van der Waals surface area contributed by atoms with Crippen molar-refractivity contribution in [2.24, 2.45) is 0 Å². The first-order chi connectivity index (χ1) is 35.8. The van der Waals surface area contributed by atoms with Gasteiger partial charge in [-0.3, -0.25) is 24.4 Å². The molecule has 0 aromatic heterocycles. The summed E-state index contributed by atoms with van der Waals surface area (Å²) in [5, 5.41) is 0.837. The second kappa shape index (κ2) is 21.6. The molecule has 0 fully saturated rings. The van der Waals surface area contributed by atoms with E-state index in [2.05, 4.69) is 42.1 Å². The fourth-order valence-electron chi connectivity index (χ4n) is 12.3. The Balaban J connectivity index is 1.06. The molecule has 1 spiro atoms. The molecule has 6 aliphatic heterocycles. The monoisotopic (exact) mass is 1150 g/mol. The number of anilines is 2. The lowest BCUT2D eigenvalue weighted by atomic mass is 9.68. The molecule has 76 heavy (non-hydrogen) atoms. The van der Waals surface area contributed by atoms with Crippen LogP contribution in [0.4, 0.5) is 11.4 Å². The van der Waals surface area contributed by atoms with Crippen LogP contribution in [-0.4, -0.2) is 124 Å². The average molecular weight is 1150 g/mol. The van der Waals surface area contributed by atoms with Crippen LogP contribution in [0.3, 0.4) is 0 Å². The molecule has 0 saturated carbocycles. The van der Waals surface area contributed by atoms with Crippen LogP contribution in [0.25, 0.3) is 5.57 Å². The Labute approximate surface area is 465 Å². The van der Waals surface area contributed by atoms with E-state index in [-0.39, 0.29) is 87.9 Å². The maximum atomic E-state index is 15.7. The van der Waals surface area contributed by atoms with E-state index in [1.165, 1.54) is 5.01 Å². The van der Waals surface area contributed by atoms with Gasteiger partial charge < -0.3 is 38.2 Å². The predicted molar refractivity (Wildman–Crippen MR) is 294 cm³/mol. The highest BCUT2D eigenvalue weighted by molar-refractivity contribution is 7.86. The van der Waals surface area contributed by atoms with Crippen LogP contribution in [0, 0.1) is 0 Å². The molecular weight excluding hydrogens is 1080 g/mol. The summed E-state index contributed by atoms with van der Waals surface area (Å²) in [5.74, 6) is -1.23. The van der Waals surface area contributed by atoms with Gasteiger partial charge in [0.2, 0.25) is 5.91 Å². The van der Waals surface area contributed by atoms with Crippen LogP contribution in [0.5, 0.6) is 11.5 Å². The molecule has 2 atom stereocenters. The average Bonchev–Trinajstić information content (AvgIpc) is 3.83. The molecule has 2 N–H and O–H groups in total. The number of benzene rings is 3. The van der Waals surface area contributed by atoms with Crippen LogP contribution in [0.2, 0.25) is 20.1 Å². The van der Waals surface area contributed by atoms with Crippen LogP contribution >= 0.6 is 46.4 Å². The number of nitrogens with one attached hydrogen (secondary N) is 1. The third-order valence-electron chi connectivity index (χ3n) is 15.3. The van der Waals surface area contributed by atoms with Gasteiger partial charge in [-0.15, -0.1) is 0 Å². The smallest absolute Gasteiger partial charge is 0.308 e. The molecule has 2 unspecified atom stereocenters. The van der Waals surface area contributed by atoms with Crippen molar-refractivity contribution in [2.45, 2.75) is 135 Å². The summed E-state index contributed by atoms with van der Waals surface area (Å²) in [6.07, 6.45) is 6.23. The van der Waals surface area contributed by atoms with E-state index in [0.29, 0.717) is 86.0 Å². The lowest BCUT2D eigenvalue weighted by Gasteiger charge is -2.53. The molecule has 3 aromatic carbocycles. The third-order valence-corrected chi connectivity index (χ3v) is 17.7. The molecule has 0 aliphatic carbocycles. The summed E-state index contributed by atoms with van der Waals surface area (Å²) in [5.41, 5.74) is 6.37. The van der Waals surface area contributed by atoms with E-state index in [1.807, 2.05) is 46.8 Å². The number of fused-ring (bicyclic) bond motifs is 8. The largest absolute Gasteiger partial charge is 0.460 e. The number of carbonyl (C=O) groups excluding carboxylic acids is 3. The Bertz CT molecular complexity index is 3000. The normalized spacial score (nSPS) is 20.6. The lowest BCUT2D eigenvalue weighted by Crippen LogP contribution is -2.57. The summed E-state index contributed by atoms with van der Waals surface area (Å²) >= 11 is 28.6. The number of nitrogens with zero attached hydrogens (tertiary/aromatic N) is 3. The minimum Gasteiger partial charge on any atom is -0.460 e. The Morgan fingerprint density at radius 1 is 0.789 bits per heavy atom. The Morgan fingerprint density at radius 3 is 1.93 bits per heavy atom. The summed E-state index contributed by atoms with van der Waals surface area (Å²) in [7, 11) is -4.56. The zero-order valence-corrected chi connectivity index (χ0v) is 48.3. The van der Waals surface area contributed by atoms with Gasteiger partial charge in [-0.2, -0.15) is 8.42 Å². The number of rotatable bonds is 19. The van der Waals surface area contributed by atoms with Crippen molar-refractivity contribution in [3.8, 4) is 11.5 Å². The van der Waals surface area contributed by atoms with Crippen molar-refractivity contribution in [1.82, 2.24) is 10.4 Å². The van der Waals surface area contributed by atoms with Crippen molar-refractivity contribution in [3.05, 3.63) is 82.8 Å². The first-order valence-corrected chi connectivity index (χ1v) is 29.3. The summed E-state index contributed by atoms with van der Waals surface area (Å²) in [6, 6.07) is 3.92. The Hall–Kier alpha value is -3.88. The van der Waals surface area contributed by atoms with Gasteiger partial charge >= 0.3 is 5.97 Å². The van der Waals surface area contributed by atoms with Crippen LogP contribution < -0.4 is 20.0 Å². The SMILES string of the molecule is CCC1CC(C)(C)N2CCCc3c4c(cc1c32)C1(c2cc3c5c(c2O4)CCCN5C(C)(C)C=C3CS(=O)(=O)O)c2c(Cl)c(Cl)c(Cl)c(Cl)c2C(=O)N1NC(=O)CCOCCOCCOCCOCCC(=O)OC(C)(C)C. The maximum absolute atomic E-state index is 15.7. The predicted octanol–water partition coefficient (Wildman–Crippen LogP) is 10.6. The van der Waals surface area contributed by atoms with Gasteiger partial charge in [-0.05, 0) is 116 Å². The molecule has 6 heterocycles. The maximum Gasteiger partial charge on any atom is 0.308 e. The quantitative estimate of drug-likeness (QED) is 0.0380. The number of halogens is 4. The highest BCUT2D eigenvalue weighted by Gasteiger charge is 2.62. The highest BCUT2D eigenvalue weighted by Crippen LogP contribution is 2.66. The molecular formula is C55H68Cl4N4O12S. The molecule has 0 radical (unpaired) electrons. The van der Waals surface area contributed by atoms with E-state index in [1.54, 1.807) is 0 Å². The fourth-order valence-corrected chi connectivity index (χ4v) is 14.0. The number of ether oxygens (including phenoxy) is 6. The topological polar surface area (TPSA) is 183 Å². The van der Waals surface area contributed by atoms with Crippen molar-refractivity contribution in [3.63, 3.8) is 0 Å². The molecule has 414 valence electrons. The number of hydrazine groups is 1. The van der Waals surface area contributed by atoms with Crippen LogP contribution in [0.15, 0.2) is 18.2 Å². The molecule has 21 heteroatoms. The number of hydrogen-bond donors (Lipinski definition) is 2. The van der Waals surface area contributed by atoms with Crippen molar-refractivity contribution < 1.29 is 55.8 Å². The molecule has 16 nitrogen and oxygen atoms in total. The minimum atomic E-state index is -4.56. The fraction of sp³-hybridized carbons (Fsp3) is 0.582. The minimum absolute atomic E-state index is 0.0295. The van der Waals surface area contributed by atoms with Gasteiger partial charge in [0.15, 0.2) is 0 Å². The number of esters is 1. The molecule has 0 bridgehead atoms. The van der Waals surface area contributed by atoms with E-state index >= 15 is 4.79 Å². The van der Waals surface area contributed by atoms with Gasteiger partial charge in [-0.1, -0.05) is 59.4 Å². The third kappa shape index (κ3) is 10.4. The number of carbonyl (C=O) groups is 3. The van der Waals surface area contributed by atoms with Crippen molar-refractivity contribution >= 4 is 91.3 Å². The highest BCUT2D eigenvalue weighted by atomic mass is 35.5. The zero-order valence-electron chi connectivity index (χ0n) is 44.4. The second-order valence-electron chi connectivity index (χ2n) is 22.5. The van der Waals surface area contributed by atoms with Gasteiger partial charge in [0.05, 0.1) is 103 Å². The van der Waals surface area contributed by atoms with E-state index in [4.69, 9.17) is 74.8 Å². The molecule has 6 aliphatic rings. The molecule has 3 aromatic rings. The number of hydrogen-bond acceptors (Lipinski definition) is 13. The van der Waals surface area contributed by atoms with E-state index < -0.39 is 44.4 Å². The van der Waals surface area contributed by atoms with Crippen molar-refractivity contribution in [1.29, 1.82) is 0 Å². The van der Waals surface area contributed by atoms with Gasteiger partial charge in [0, 0.05) is 57.7 Å². The van der Waals surface area contributed by atoms with E-state index in [9.17, 15) is 22.6 Å². The van der Waals surface area contributed by atoms with Crippen molar-refractivity contribution in [2.75, 3.05) is 81.5 Å². The Morgan fingerprint density at radius 2 is 1.34 bits per heavy atom. The summed E-state index contributed by atoms with van der Waals surface area (Å²) in [6.45, 7) is 19.5. The number of amides is 2. The van der Waals surface area contributed by atoms with Gasteiger partial charge in [0.1, 0.15) is 28.4 Å². The molecule has 2 amide bonds. The Kier molecular flexibility index (Phi) is 16.2. The summed E-state index contributed by atoms with van der Waals surface area (Å²) < 4.78 is 71.6.